The zero-order valence-corrected chi connectivity index (χ0v) is 18.3. The van der Waals surface area contributed by atoms with Gasteiger partial charge in [-0.25, -0.2) is 13.4 Å². The van der Waals surface area contributed by atoms with Gasteiger partial charge in [0.15, 0.2) is 0 Å². The molecule has 0 bridgehead atoms. The summed E-state index contributed by atoms with van der Waals surface area (Å²) < 4.78 is 63.2. The van der Waals surface area contributed by atoms with E-state index < -0.39 is 38.9 Å². The number of sulfone groups is 1. The number of benzene rings is 1. The molecule has 3 aromatic rings. The number of hydrogen-bond acceptors (Lipinski definition) is 6. The van der Waals surface area contributed by atoms with Crippen LogP contribution in [-0.2, 0) is 28.2 Å². The number of carbonyl (C=O) groups excluding carboxylic acids is 1. The molecular formula is C20H21F3N4O4S. The van der Waals surface area contributed by atoms with E-state index in [-0.39, 0.29) is 23.5 Å². The Balaban J connectivity index is 2.00. The number of fused-ring (bicyclic) bond motifs is 1. The highest BCUT2D eigenvalue weighted by atomic mass is 32.2. The minimum Gasteiger partial charge on any atom is -0.386 e. The van der Waals surface area contributed by atoms with Gasteiger partial charge in [0.05, 0.1) is 29.6 Å². The third kappa shape index (κ3) is 5.43. The molecule has 3 rings (SSSR count). The maximum absolute atomic E-state index is 12.9. The third-order valence-corrected chi connectivity index (χ3v) is 5.56. The summed E-state index contributed by atoms with van der Waals surface area (Å²) in [6, 6.07) is 6.06. The van der Waals surface area contributed by atoms with Crippen molar-refractivity contribution in [3.8, 4) is 0 Å². The number of pyridine rings is 1. The second-order valence-electron chi connectivity index (χ2n) is 7.87. The average Bonchev–Trinajstić information content (AvgIpc) is 3.06. The standard InChI is InChI=1S/C20H21F3N4O4S/c1-19(2,29)13-10-16-12(11-24-27(16)7-8-32(3,30)31)9-15(13)26-18(28)14-5-4-6-17(25-14)20(21,22)23/h4-6,9-11,29H,7-8H2,1-3H3,(H,26,28). The number of carbonyl (C=O) groups is 1. The maximum atomic E-state index is 12.9. The Bertz CT molecular complexity index is 1280. The molecule has 0 aliphatic heterocycles. The summed E-state index contributed by atoms with van der Waals surface area (Å²) >= 11 is 0. The number of nitrogens with one attached hydrogen (secondary N) is 1. The Hall–Kier alpha value is -2.99. The summed E-state index contributed by atoms with van der Waals surface area (Å²) in [6.07, 6.45) is -2.13. The van der Waals surface area contributed by atoms with E-state index in [0.717, 1.165) is 24.5 Å². The fraction of sp³-hybridized carbons (Fsp3) is 0.350. The van der Waals surface area contributed by atoms with Crippen LogP contribution in [0.2, 0.25) is 0 Å². The Labute approximate surface area is 182 Å². The van der Waals surface area contributed by atoms with Gasteiger partial charge in [0, 0.05) is 22.9 Å². The van der Waals surface area contributed by atoms with Gasteiger partial charge in [0.2, 0.25) is 0 Å². The van der Waals surface area contributed by atoms with Crippen molar-refractivity contribution >= 4 is 32.3 Å². The zero-order valence-electron chi connectivity index (χ0n) is 17.4. The van der Waals surface area contributed by atoms with Gasteiger partial charge < -0.3 is 10.4 Å². The van der Waals surface area contributed by atoms with Crippen LogP contribution >= 0.6 is 0 Å². The first-order chi connectivity index (χ1) is 14.6. The van der Waals surface area contributed by atoms with E-state index in [1.807, 2.05) is 0 Å². The van der Waals surface area contributed by atoms with Gasteiger partial charge in [-0.1, -0.05) is 6.07 Å². The van der Waals surface area contributed by atoms with Gasteiger partial charge in [-0.15, -0.1) is 0 Å². The minimum atomic E-state index is -4.70. The van der Waals surface area contributed by atoms with E-state index in [2.05, 4.69) is 15.4 Å². The maximum Gasteiger partial charge on any atom is 0.433 e. The van der Waals surface area contributed by atoms with Crippen LogP contribution in [0.25, 0.3) is 10.9 Å². The smallest absolute Gasteiger partial charge is 0.386 e. The van der Waals surface area contributed by atoms with Crippen molar-refractivity contribution in [3.63, 3.8) is 0 Å². The Kier molecular flexibility index (Phi) is 6.04. The first-order valence-electron chi connectivity index (χ1n) is 9.41. The van der Waals surface area contributed by atoms with Gasteiger partial charge in [0.25, 0.3) is 5.91 Å². The van der Waals surface area contributed by atoms with Crippen LogP contribution in [0.1, 0.15) is 35.6 Å². The van der Waals surface area contributed by atoms with Crippen LogP contribution < -0.4 is 5.32 Å². The highest BCUT2D eigenvalue weighted by molar-refractivity contribution is 7.90. The molecule has 0 aliphatic rings. The van der Waals surface area contributed by atoms with Crippen molar-refractivity contribution in [2.75, 3.05) is 17.3 Å². The van der Waals surface area contributed by atoms with Crippen molar-refractivity contribution in [3.05, 3.63) is 53.5 Å². The van der Waals surface area contributed by atoms with Crippen molar-refractivity contribution in [1.82, 2.24) is 14.8 Å². The fourth-order valence-corrected chi connectivity index (χ4v) is 3.58. The monoisotopic (exact) mass is 470 g/mol. The number of nitrogens with zero attached hydrogens (tertiary/aromatic N) is 3. The number of halogens is 3. The lowest BCUT2D eigenvalue weighted by atomic mass is 9.95. The number of alkyl halides is 3. The first kappa shape index (κ1) is 23.7. The predicted molar refractivity (Wildman–Crippen MR) is 112 cm³/mol. The van der Waals surface area contributed by atoms with Crippen LogP contribution in [0.3, 0.4) is 0 Å². The van der Waals surface area contributed by atoms with Gasteiger partial charge in [-0.05, 0) is 38.1 Å². The van der Waals surface area contributed by atoms with Crippen LogP contribution in [0.5, 0.6) is 0 Å². The minimum absolute atomic E-state index is 0.0908. The van der Waals surface area contributed by atoms with Gasteiger partial charge in [0.1, 0.15) is 21.2 Å². The highest BCUT2D eigenvalue weighted by Gasteiger charge is 2.33. The molecule has 0 fully saturated rings. The average molecular weight is 470 g/mol. The summed E-state index contributed by atoms with van der Waals surface area (Å²) in [6.45, 7) is 3.04. The molecule has 0 saturated carbocycles. The molecule has 0 unspecified atom stereocenters. The Morgan fingerprint density at radius 1 is 1.22 bits per heavy atom. The number of rotatable bonds is 6. The largest absolute Gasteiger partial charge is 0.433 e. The van der Waals surface area contributed by atoms with E-state index >= 15 is 0 Å². The summed E-state index contributed by atoms with van der Waals surface area (Å²) in [4.78, 5) is 16.0. The molecule has 2 heterocycles. The SMILES string of the molecule is CC(C)(O)c1cc2c(cnn2CCS(C)(=O)=O)cc1NC(=O)c1cccc(C(F)(F)F)n1. The quantitative estimate of drug-likeness (QED) is 0.573. The van der Waals surface area contributed by atoms with E-state index in [1.54, 1.807) is 6.07 Å². The number of hydrogen-bond donors (Lipinski definition) is 2. The predicted octanol–water partition coefficient (Wildman–Crippen LogP) is 2.97. The molecule has 0 spiro atoms. The summed E-state index contributed by atoms with van der Waals surface area (Å²) in [5.74, 6) is -1.02. The lowest BCUT2D eigenvalue weighted by Crippen LogP contribution is -2.22. The normalized spacial score (nSPS) is 12.8. The zero-order chi connectivity index (χ0) is 23.9. The third-order valence-electron chi connectivity index (χ3n) is 4.63. The van der Waals surface area contributed by atoms with Crippen molar-refractivity contribution in [2.45, 2.75) is 32.2 Å². The molecule has 0 atom stereocenters. The van der Waals surface area contributed by atoms with Gasteiger partial charge >= 0.3 is 6.18 Å². The van der Waals surface area contributed by atoms with Crippen LogP contribution in [0, 0.1) is 0 Å². The Morgan fingerprint density at radius 2 is 1.91 bits per heavy atom. The van der Waals surface area contributed by atoms with E-state index in [4.69, 9.17) is 0 Å². The van der Waals surface area contributed by atoms with E-state index in [0.29, 0.717) is 10.9 Å². The molecular weight excluding hydrogens is 449 g/mol. The lowest BCUT2D eigenvalue weighted by Gasteiger charge is -2.22. The lowest BCUT2D eigenvalue weighted by molar-refractivity contribution is -0.141. The molecule has 2 aromatic heterocycles. The molecule has 2 N–H and O–H groups in total. The number of anilines is 1. The first-order valence-corrected chi connectivity index (χ1v) is 11.5. The molecule has 32 heavy (non-hydrogen) atoms. The summed E-state index contributed by atoms with van der Waals surface area (Å²) in [7, 11) is -3.23. The number of amides is 1. The van der Waals surface area contributed by atoms with Crippen molar-refractivity contribution in [1.29, 1.82) is 0 Å². The van der Waals surface area contributed by atoms with Crippen LogP contribution in [0.15, 0.2) is 36.5 Å². The number of aliphatic hydroxyl groups is 1. The summed E-state index contributed by atoms with van der Waals surface area (Å²) in [5.41, 5.74) is -2.12. The van der Waals surface area contributed by atoms with Gasteiger partial charge in [-0.2, -0.15) is 18.3 Å². The molecule has 1 aromatic carbocycles. The second kappa shape index (κ2) is 8.17. The molecule has 172 valence electrons. The molecule has 1 amide bonds. The van der Waals surface area contributed by atoms with Crippen molar-refractivity contribution in [2.24, 2.45) is 0 Å². The molecule has 12 heteroatoms. The van der Waals surface area contributed by atoms with E-state index in [9.17, 15) is 31.5 Å². The molecule has 0 radical (unpaired) electrons. The van der Waals surface area contributed by atoms with E-state index in [1.165, 1.54) is 30.8 Å². The number of aromatic nitrogens is 3. The number of aryl methyl sites for hydroxylation is 1. The van der Waals surface area contributed by atoms with Crippen LogP contribution in [-0.4, -0.2) is 46.2 Å². The topological polar surface area (TPSA) is 114 Å². The highest BCUT2D eigenvalue weighted by Crippen LogP contribution is 2.33. The summed E-state index contributed by atoms with van der Waals surface area (Å²) in [5, 5.41) is 17.8. The van der Waals surface area contributed by atoms with Gasteiger partial charge in [-0.3, -0.25) is 9.48 Å². The Morgan fingerprint density at radius 3 is 2.50 bits per heavy atom. The van der Waals surface area contributed by atoms with Crippen LogP contribution in [0.4, 0.5) is 18.9 Å². The fourth-order valence-electron chi connectivity index (χ4n) is 3.07. The second-order valence-corrected chi connectivity index (χ2v) is 10.1. The van der Waals surface area contributed by atoms with Crippen molar-refractivity contribution < 1.29 is 31.5 Å². The molecule has 8 nitrogen and oxygen atoms in total. The molecule has 0 saturated heterocycles. The molecule has 0 aliphatic carbocycles.